The molecule has 0 aromatic heterocycles. The van der Waals surface area contributed by atoms with Crippen molar-refractivity contribution in [2.45, 2.75) is 83.7 Å². The molecule has 7 nitrogen and oxygen atoms in total. The van der Waals surface area contributed by atoms with E-state index in [0.29, 0.717) is 5.69 Å². The van der Waals surface area contributed by atoms with Gasteiger partial charge in [0.15, 0.2) is 0 Å². The van der Waals surface area contributed by atoms with Crippen molar-refractivity contribution in [3.8, 4) is 0 Å². The first kappa shape index (κ1) is 28.0. The predicted octanol–water partition coefficient (Wildman–Crippen LogP) is 4.43. The van der Waals surface area contributed by atoms with Gasteiger partial charge in [-0.25, -0.2) is 0 Å². The minimum Gasteiger partial charge on any atom is -0.352 e. The monoisotopic (exact) mass is 537 g/mol. The number of nitrogens with one attached hydrogen (secondary N) is 2. The minimum absolute atomic E-state index is 0.125. The molecule has 0 bridgehead atoms. The van der Waals surface area contributed by atoms with E-state index in [0.717, 1.165) is 68.2 Å². The van der Waals surface area contributed by atoms with Crippen LogP contribution in [0.4, 0.5) is 11.4 Å². The smallest absolute Gasteiger partial charge is 0.243 e. The molecular formula is C30H39N3O4S. The lowest BCUT2D eigenvalue weighted by atomic mass is 9.89. The Balaban J connectivity index is 1.49. The lowest BCUT2D eigenvalue weighted by molar-refractivity contribution is -0.126. The molecule has 0 heterocycles. The Labute approximate surface area is 228 Å². The van der Waals surface area contributed by atoms with Crippen LogP contribution in [0.25, 0.3) is 0 Å². The Kier molecular flexibility index (Phi) is 9.72. The lowest BCUT2D eigenvalue weighted by Gasteiger charge is -2.33. The summed E-state index contributed by atoms with van der Waals surface area (Å²) in [4.78, 5) is 41.0. The molecule has 2 atom stereocenters. The number of benzene rings is 2. The van der Waals surface area contributed by atoms with E-state index in [1.54, 1.807) is 19.1 Å². The predicted molar refractivity (Wildman–Crippen MR) is 153 cm³/mol. The summed E-state index contributed by atoms with van der Waals surface area (Å²) in [5.41, 5.74) is 4.70. The third-order valence-electron chi connectivity index (χ3n) is 7.53. The highest BCUT2D eigenvalue weighted by molar-refractivity contribution is 7.86. The minimum atomic E-state index is -1.73. The highest BCUT2D eigenvalue weighted by Gasteiger charge is 2.32. The highest BCUT2D eigenvalue weighted by atomic mass is 32.2. The normalized spacial score (nSPS) is 17.1. The fraction of sp³-hybridized carbons (Fsp3) is 0.500. The number of rotatable bonds is 9. The molecule has 1 fully saturated rings. The molecule has 2 aromatic carbocycles. The molecule has 2 aromatic rings. The van der Waals surface area contributed by atoms with E-state index in [1.165, 1.54) is 16.9 Å². The Morgan fingerprint density at radius 3 is 2.39 bits per heavy atom. The molecule has 0 aliphatic heterocycles. The fourth-order valence-corrected chi connectivity index (χ4v) is 6.35. The standard InChI is InChI=1S/C30H39N3O4S/c1-21-15-17-25(18-16-21)31-28(34)19-38(37)20-29(35)33(22(2)30(36)32-24-11-4-3-5-12-24)27-14-8-10-23-9-6-7-13-26(23)27/h8,10,14-18,22,24H,3-7,9,11-13,19-20H2,1-2H3,(H,31,34)(H,32,36)/t22-,38+/m1/s1. The first-order chi connectivity index (χ1) is 18.3. The Bertz CT molecular complexity index is 1170. The van der Waals surface area contributed by atoms with Crippen molar-refractivity contribution in [3.05, 3.63) is 59.2 Å². The van der Waals surface area contributed by atoms with Crippen LogP contribution in [0.3, 0.4) is 0 Å². The van der Waals surface area contributed by atoms with E-state index in [-0.39, 0.29) is 23.5 Å². The number of nitrogens with zero attached hydrogens (tertiary/aromatic N) is 1. The van der Waals surface area contributed by atoms with E-state index in [1.807, 2.05) is 31.2 Å². The van der Waals surface area contributed by atoms with Crippen LogP contribution in [0.1, 0.15) is 68.6 Å². The average Bonchev–Trinajstić information content (AvgIpc) is 2.90. The molecule has 2 aliphatic carbocycles. The van der Waals surface area contributed by atoms with Crippen molar-refractivity contribution in [2.24, 2.45) is 0 Å². The molecule has 2 N–H and O–H groups in total. The summed E-state index contributed by atoms with van der Waals surface area (Å²) in [7, 11) is -1.73. The number of hydrogen-bond acceptors (Lipinski definition) is 4. The van der Waals surface area contributed by atoms with Gasteiger partial charge in [-0.2, -0.15) is 0 Å². The van der Waals surface area contributed by atoms with Crippen molar-refractivity contribution in [1.82, 2.24) is 5.32 Å². The summed E-state index contributed by atoms with van der Waals surface area (Å²) in [5, 5.41) is 5.89. The largest absolute Gasteiger partial charge is 0.352 e. The number of amides is 3. The van der Waals surface area contributed by atoms with Gasteiger partial charge in [-0.3, -0.25) is 23.5 Å². The van der Waals surface area contributed by atoms with Crippen LogP contribution in [-0.4, -0.2) is 45.5 Å². The van der Waals surface area contributed by atoms with Crippen LogP contribution in [0.5, 0.6) is 0 Å². The van der Waals surface area contributed by atoms with Crippen LogP contribution >= 0.6 is 0 Å². The van der Waals surface area contributed by atoms with Gasteiger partial charge < -0.3 is 10.6 Å². The molecule has 0 saturated heterocycles. The maximum Gasteiger partial charge on any atom is 0.243 e. The Morgan fingerprint density at radius 1 is 0.947 bits per heavy atom. The molecule has 3 amide bonds. The summed E-state index contributed by atoms with van der Waals surface area (Å²) in [6, 6.07) is 12.6. The number of anilines is 2. The van der Waals surface area contributed by atoms with Crippen LogP contribution in [0.2, 0.25) is 0 Å². The quantitative estimate of drug-likeness (QED) is 0.495. The van der Waals surface area contributed by atoms with Gasteiger partial charge in [0.2, 0.25) is 17.7 Å². The van der Waals surface area contributed by atoms with Gasteiger partial charge in [-0.1, -0.05) is 49.1 Å². The molecule has 8 heteroatoms. The summed E-state index contributed by atoms with van der Waals surface area (Å²) < 4.78 is 12.9. The van der Waals surface area contributed by atoms with Gasteiger partial charge in [-0.05, 0) is 81.7 Å². The Morgan fingerprint density at radius 2 is 1.66 bits per heavy atom. The second-order valence-electron chi connectivity index (χ2n) is 10.5. The van der Waals surface area contributed by atoms with Gasteiger partial charge in [-0.15, -0.1) is 0 Å². The van der Waals surface area contributed by atoms with Crippen molar-refractivity contribution < 1.29 is 18.6 Å². The second-order valence-corrected chi connectivity index (χ2v) is 12.0. The molecule has 0 radical (unpaired) electrons. The Hall–Kier alpha value is -3.00. The third kappa shape index (κ3) is 7.31. The first-order valence-electron chi connectivity index (χ1n) is 13.8. The zero-order chi connectivity index (χ0) is 27.1. The first-order valence-corrected chi connectivity index (χ1v) is 15.3. The van der Waals surface area contributed by atoms with E-state index >= 15 is 0 Å². The number of fused-ring (bicyclic) bond motifs is 1. The van der Waals surface area contributed by atoms with Gasteiger partial charge in [0.25, 0.3) is 0 Å². The highest BCUT2D eigenvalue weighted by Crippen LogP contribution is 2.32. The zero-order valence-corrected chi connectivity index (χ0v) is 23.3. The summed E-state index contributed by atoms with van der Waals surface area (Å²) in [6.07, 6.45) is 9.19. The summed E-state index contributed by atoms with van der Waals surface area (Å²) in [6.45, 7) is 3.70. The number of carbonyl (C=O) groups excluding carboxylic acids is 3. The molecule has 204 valence electrons. The van der Waals surface area contributed by atoms with Gasteiger partial charge in [0.1, 0.15) is 17.5 Å². The van der Waals surface area contributed by atoms with Gasteiger partial charge in [0, 0.05) is 28.2 Å². The SMILES string of the molecule is Cc1ccc(NC(=O)C[S@](=O)CC(=O)N(c2cccc3c2CCCC3)[C@H](C)C(=O)NC2CCCCC2)cc1. The fourth-order valence-electron chi connectivity index (χ4n) is 5.47. The number of carbonyl (C=O) groups is 3. The zero-order valence-electron chi connectivity index (χ0n) is 22.5. The molecule has 0 spiro atoms. The molecule has 0 unspecified atom stereocenters. The van der Waals surface area contributed by atoms with E-state index in [9.17, 15) is 18.6 Å². The van der Waals surface area contributed by atoms with Crippen molar-refractivity contribution in [2.75, 3.05) is 21.7 Å². The van der Waals surface area contributed by atoms with Crippen molar-refractivity contribution >= 4 is 39.9 Å². The van der Waals surface area contributed by atoms with Crippen LogP contribution in [-0.2, 0) is 38.0 Å². The second kappa shape index (κ2) is 13.2. The van der Waals surface area contributed by atoms with Crippen LogP contribution in [0, 0.1) is 6.92 Å². The maximum absolute atomic E-state index is 13.7. The lowest BCUT2D eigenvalue weighted by Crippen LogP contribution is -2.52. The molecule has 4 rings (SSSR count). The molecule has 1 saturated carbocycles. The molecular weight excluding hydrogens is 498 g/mol. The van der Waals surface area contributed by atoms with Crippen LogP contribution < -0.4 is 15.5 Å². The van der Waals surface area contributed by atoms with Gasteiger partial charge in [0.05, 0.1) is 0 Å². The third-order valence-corrected chi connectivity index (χ3v) is 8.68. The average molecular weight is 538 g/mol. The molecule has 2 aliphatic rings. The van der Waals surface area contributed by atoms with E-state index < -0.39 is 28.7 Å². The topological polar surface area (TPSA) is 95.6 Å². The van der Waals surface area contributed by atoms with E-state index in [2.05, 4.69) is 16.7 Å². The number of aryl methyl sites for hydroxylation is 2. The van der Waals surface area contributed by atoms with Crippen LogP contribution in [0.15, 0.2) is 42.5 Å². The summed E-state index contributed by atoms with van der Waals surface area (Å²) in [5.74, 6) is -1.63. The van der Waals surface area contributed by atoms with Crippen molar-refractivity contribution in [3.63, 3.8) is 0 Å². The van der Waals surface area contributed by atoms with Gasteiger partial charge >= 0.3 is 0 Å². The van der Waals surface area contributed by atoms with Crippen molar-refractivity contribution in [1.29, 1.82) is 0 Å². The number of hydrogen-bond donors (Lipinski definition) is 2. The molecule has 38 heavy (non-hydrogen) atoms. The summed E-state index contributed by atoms with van der Waals surface area (Å²) >= 11 is 0. The maximum atomic E-state index is 13.7. The van der Waals surface area contributed by atoms with E-state index in [4.69, 9.17) is 0 Å².